The highest BCUT2D eigenvalue weighted by atomic mass is 35.5. The molecule has 1 aliphatic heterocycles. The number of nitrogens with zero attached hydrogens (tertiary/aromatic N) is 3. The van der Waals surface area contributed by atoms with Gasteiger partial charge in [0.05, 0.1) is 17.9 Å². The van der Waals surface area contributed by atoms with Gasteiger partial charge in [0.25, 0.3) is 11.8 Å². The molecule has 6 N–H and O–H groups in total. The van der Waals surface area contributed by atoms with Crippen LogP contribution in [0.1, 0.15) is 27.9 Å². The highest BCUT2D eigenvalue weighted by Crippen LogP contribution is 2.16. The van der Waals surface area contributed by atoms with Crippen LogP contribution >= 0.6 is 24.8 Å². The molecule has 1 unspecified atom stereocenters. The van der Waals surface area contributed by atoms with E-state index in [0.29, 0.717) is 29.3 Å². The first kappa shape index (κ1) is 25.2. The molecule has 0 saturated carbocycles. The number of guanidine groups is 1. The molecule has 3 heterocycles. The second kappa shape index (κ2) is 10.8. The zero-order valence-corrected chi connectivity index (χ0v) is 18.7. The topological polar surface area (TPSA) is 130 Å². The van der Waals surface area contributed by atoms with Crippen LogP contribution in [-0.4, -0.2) is 52.6 Å². The van der Waals surface area contributed by atoms with Gasteiger partial charge in [0.2, 0.25) is 0 Å². The second-order valence-corrected chi connectivity index (χ2v) is 6.86. The first-order valence-corrected chi connectivity index (χ1v) is 9.06. The number of carbonyl (C=O) groups is 2. The fourth-order valence-corrected chi connectivity index (χ4v) is 2.98. The molecule has 2 aromatic heterocycles. The number of aryl methyl sites for hydroxylation is 2. The monoisotopic (exact) mass is 458 g/mol. The third-order valence-electron chi connectivity index (χ3n) is 4.38. The molecular formula is C18H28Cl2N8O2. The average molecular weight is 459 g/mol. The number of amides is 2. The lowest BCUT2D eigenvalue weighted by molar-refractivity contribution is 0.0941. The Hall–Kier alpha value is -2.85. The maximum absolute atomic E-state index is 12.5. The molecule has 2 amide bonds. The predicted molar refractivity (Wildman–Crippen MR) is 123 cm³/mol. The summed E-state index contributed by atoms with van der Waals surface area (Å²) in [7, 11) is 3.50. The summed E-state index contributed by atoms with van der Waals surface area (Å²) in [5.74, 6) is 0.243. The molecule has 0 saturated heterocycles. The van der Waals surface area contributed by atoms with Gasteiger partial charge in [-0.25, -0.2) is 0 Å². The van der Waals surface area contributed by atoms with E-state index in [1.54, 1.807) is 47.8 Å². The van der Waals surface area contributed by atoms with E-state index >= 15 is 0 Å². The van der Waals surface area contributed by atoms with Crippen molar-refractivity contribution in [2.75, 3.05) is 30.7 Å². The molecule has 0 radical (unpaired) electrons. The van der Waals surface area contributed by atoms with Gasteiger partial charge in [-0.3, -0.25) is 14.6 Å². The largest absolute Gasteiger partial charge is 0.397 e. The minimum absolute atomic E-state index is 0. The van der Waals surface area contributed by atoms with E-state index in [4.69, 9.17) is 5.73 Å². The van der Waals surface area contributed by atoms with Crippen molar-refractivity contribution in [3.05, 3.63) is 35.9 Å². The van der Waals surface area contributed by atoms with Crippen molar-refractivity contribution >= 4 is 54.0 Å². The van der Waals surface area contributed by atoms with Crippen molar-refractivity contribution < 1.29 is 9.59 Å². The van der Waals surface area contributed by atoms with E-state index in [2.05, 4.69) is 26.3 Å². The molecule has 1 atom stereocenters. The number of nitrogens with two attached hydrogens (primary N) is 1. The highest BCUT2D eigenvalue weighted by molar-refractivity contribution is 6.04. The Labute approximate surface area is 187 Å². The SMILES string of the molecule is CC(CNC(=O)c1cc(NC(=O)c2cc(N)cn2C)cn1C)NC1=NCCN1.Cl.Cl. The van der Waals surface area contributed by atoms with E-state index in [9.17, 15) is 9.59 Å². The number of rotatable bonds is 6. The maximum atomic E-state index is 12.5. The van der Waals surface area contributed by atoms with Crippen LogP contribution in [-0.2, 0) is 14.1 Å². The van der Waals surface area contributed by atoms with Crippen LogP contribution in [0.25, 0.3) is 0 Å². The highest BCUT2D eigenvalue weighted by Gasteiger charge is 2.17. The van der Waals surface area contributed by atoms with Crippen LogP contribution < -0.4 is 27.0 Å². The van der Waals surface area contributed by atoms with E-state index in [0.717, 1.165) is 19.0 Å². The summed E-state index contributed by atoms with van der Waals surface area (Å²) >= 11 is 0. The van der Waals surface area contributed by atoms with Crippen molar-refractivity contribution in [1.82, 2.24) is 25.1 Å². The lowest BCUT2D eigenvalue weighted by Gasteiger charge is -2.16. The van der Waals surface area contributed by atoms with Crippen LogP contribution in [0.15, 0.2) is 29.5 Å². The van der Waals surface area contributed by atoms with Gasteiger partial charge in [-0.1, -0.05) is 0 Å². The molecule has 2 aromatic rings. The Kier molecular flexibility index (Phi) is 9.06. The van der Waals surface area contributed by atoms with Crippen molar-refractivity contribution in [2.45, 2.75) is 13.0 Å². The first-order valence-electron chi connectivity index (χ1n) is 9.06. The smallest absolute Gasteiger partial charge is 0.272 e. The molecule has 3 rings (SSSR count). The average Bonchev–Trinajstić information content (AvgIpc) is 3.34. The number of halogens is 2. The van der Waals surface area contributed by atoms with Gasteiger partial charge < -0.3 is 36.1 Å². The predicted octanol–water partition coefficient (Wildman–Crippen LogP) is 0.709. The van der Waals surface area contributed by atoms with Crippen molar-refractivity contribution in [2.24, 2.45) is 19.1 Å². The Balaban J connectivity index is 0.00000225. The van der Waals surface area contributed by atoms with Gasteiger partial charge in [0.1, 0.15) is 11.4 Å². The van der Waals surface area contributed by atoms with E-state index in [-0.39, 0.29) is 42.7 Å². The summed E-state index contributed by atoms with van der Waals surface area (Å²) in [6, 6.07) is 3.26. The van der Waals surface area contributed by atoms with Crippen LogP contribution in [0.5, 0.6) is 0 Å². The number of nitrogens with one attached hydrogen (secondary N) is 4. The minimum atomic E-state index is -0.292. The third kappa shape index (κ3) is 6.07. The number of nitrogen functional groups attached to an aromatic ring is 1. The van der Waals surface area contributed by atoms with Gasteiger partial charge >= 0.3 is 0 Å². The second-order valence-electron chi connectivity index (χ2n) is 6.86. The number of aromatic nitrogens is 2. The lowest BCUT2D eigenvalue weighted by Crippen LogP contribution is -2.45. The maximum Gasteiger partial charge on any atom is 0.272 e. The quantitative estimate of drug-likeness (QED) is 0.434. The molecule has 0 aromatic carbocycles. The fraction of sp³-hybridized carbons (Fsp3) is 0.389. The third-order valence-corrected chi connectivity index (χ3v) is 4.38. The van der Waals surface area contributed by atoms with Crippen molar-refractivity contribution in [1.29, 1.82) is 0 Å². The summed E-state index contributed by atoms with van der Waals surface area (Å²) in [5, 5.41) is 12.0. The van der Waals surface area contributed by atoms with E-state index in [1.807, 2.05) is 6.92 Å². The zero-order chi connectivity index (χ0) is 20.3. The Morgan fingerprint density at radius 2 is 1.83 bits per heavy atom. The summed E-state index contributed by atoms with van der Waals surface area (Å²) in [4.78, 5) is 29.2. The summed E-state index contributed by atoms with van der Waals surface area (Å²) in [6.07, 6.45) is 3.36. The van der Waals surface area contributed by atoms with Gasteiger partial charge in [-0.05, 0) is 19.1 Å². The number of hydrogen-bond acceptors (Lipinski definition) is 6. The molecule has 0 spiro atoms. The Bertz CT molecular complexity index is 921. The molecular weight excluding hydrogens is 431 g/mol. The minimum Gasteiger partial charge on any atom is -0.397 e. The van der Waals surface area contributed by atoms with Gasteiger partial charge in [-0.15, -0.1) is 24.8 Å². The van der Waals surface area contributed by atoms with Crippen molar-refractivity contribution in [3.63, 3.8) is 0 Å². The standard InChI is InChI=1S/C18H26N8O2.2ClH/c1-11(23-18-20-4-5-21-18)8-22-16(27)15-7-13(10-26(15)3)24-17(28)14-6-12(19)9-25(14)2;;/h6-7,9-11H,4-5,8,19H2,1-3H3,(H,22,27)(H,24,28)(H2,20,21,23);2*1H. The van der Waals surface area contributed by atoms with Crippen LogP contribution in [0.4, 0.5) is 11.4 Å². The van der Waals surface area contributed by atoms with E-state index in [1.165, 1.54) is 0 Å². The molecule has 0 fully saturated rings. The fourth-order valence-electron chi connectivity index (χ4n) is 2.98. The summed E-state index contributed by atoms with van der Waals surface area (Å²) in [6.45, 7) is 3.99. The molecule has 166 valence electrons. The van der Waals surface area contributed by atoms with Crippen LogP contribution in [0, 0.1) is 0 Å². The molecule has 1 aliphatic rings. The molecule has 30 heavy (non-hydrogen) atoms. The zero-order valence-electron chi connectivity index (χ0n) is 17.1. The van der Waals surface area contributed by atoms with E-state index < -0.39 is 0 Å². The van der Waals surface area contributed by atoms with Crippen LogP contribution in [0.2, 0.25) is 0 Å². The van der Waals surface area contributed by atoms with Gasteiger partial charge in [-0.2, -0.15) is 0 Å². The number of anilines is 2. The van der Waals surface area contributed by atoms with Gasteiger partial charge in [0, 0.05) is 45.6 Å². The van der Waals surface area contributed by atoms with Crippen molar-refractivity contribution in [3.8, 4) is 0 Å². The molecule has 10 nitrogen and oxygen atoms in total. The molecule has 0 bridgehead atoms. The summed E-state index contributed by atoms with van der Waals surface area (Å²) in [5.41, 5.74) is 7.65. The molecule has 0 aliphatic carbocycles. The normalized spacial score (nSPS) is 13.2. The van der Waals surface area contributed by atoms with Gasteiger partial charge in [0.15, 0.2) is 5.96 Å². The Morgan fingerprint density at radius 1 is 1.17 bits per heavy atom. The molecule has 12 heteroatoms. The number of hydrogen-bond donors (Lipinski definition) is 5. The number of carbonyl (C=O) groups excluding carboxylic acids is 2. The lowest BCUT2D eigenvalue weighted by atomic mass is 10.3. The number of aliphatic imine (C=N–C) groups is 1. The first-order chi connectivity index (χ1) is 13.3. The Morgan fingerprint density at radius 3 is 2.43 bits per heavy atom. The van der Waals surface area contributed by atoms with Crippen LogP contribution in [0.3, 0.4) is 0 Å². The summed E-state index contributed by atoms with van der Waals surface area (Å²) < 4.78 is 3.32.